The summed E-state index contributed by atoms with van der Waals surface area (Å²) in [5.74, 6) is 0.461. The monoisotopic (exact) mass is 279 g/mol. The smallest absolute Gasteiger partial charge is 0.159 e. The van der Waals surface area contributed by atoms with Crippen molar-refractivity contribution < 1.29 is 4.79 Å². The largest absolute Gasteiger partial charge is 0.382 e. The summed E-state index contributed by atoms with van der Waals surface area (Å²) in [5, 5.41) is 8.19. The van der Waals surface area contributed by atoms with Crippen LogP contribution in [0.25, 0.3) is 16.9 Å². The van der Waals surface area contributed by atoms with Crippen molar-refractivity contribution in [1.82, 2.24) is 20.0 Å². The van der Waals surface area contributed by atoms with E-state index in [-0.39, 0.29) is 5.78 Å². The summed E-state index contributed by atoms with van der Waals surface area (Å²) in [5.41, 5.74) is 8.98. The van der Waals surface area contributed by atoms with Crippen molar-refractivity contribution in [2.24, 2.45) is 0 Å². The van der Waals surface area contributed by atoms with E-state index < -0.39 is 0 Å². The van der Waals surface area contributed by atoms with Crippen molar-refractivity contribution in [3.05, 3.63) is 54.4 Å². The zero-order valence-electron chi connectivity index (χ0n) is 11.4. The highest BCUT2D eigenvalue weighted by molar-refractivity contribution is 5.94. The molecule has 0 bridgehead atoms. The summed E-state index contributed by atoms with van der Waals surface area (Å²) in [6.07, 6.45) is 3.35. The Morgan fingerprint density at radius 3 is 2.38 bits per heavy atom. The number of hydrogen-bond donors (Lipinski definition) is 1. The fraction of sp³-hybridized carbons (Fsp3) is 0.0667. The second-order valence-corrected chi connectivity index (χ2v) is 4.57. The molecule has 21 heavy (non-hydrogen) atoms. The minimum atomic E-state index is 0.0191. The van der Waals surface area contributed by atoms with Crippen LogP contribution in [0.3, 0.4) is 0 Å². The molecule has 0 fully saturated rings. The second-order valence-electron chi connectivity index (χ2n) is 4.57. The standard InChI is InChI=1S/C15H13N5O/c1-10(21)11-2-4-13(5-3-11)20-15(16)14(18-19-20)12-6-8-17-9-7-12/h2-9H,16H2,1H3. The molecule has 104 valence electrons. The number of carbonyl (C=O) groups excluding carboxylic acids is 1. The summed E-state index contributed by atoms with van der Waals surface area (Å²) in [6.45, 7) is 1.53. The van der Waals surface area contributed by atoms with E-state index in [1.807, 2.05) is 12.1 Å². The van der Waals surface area contributed by atoms with Crippen molar-refractivity contribution in [2.75, 3.05) is 5.73 Å². The molecule has 0 saturated carbocycles. The number of Topliss-reactive ketones (excluding diaryl/α,β-unsaturated/α-hetero) is 1. The lowest BCUT2D eigenvalue weighted by atomic mass is 10.1. The third-order valence-corrected chi connectivity index (χ3v) is 3.18. The van der Waals surface area contributed by atoms with E-state index in [9.17, 15) is 4.79 Å². The van der Waals surface area contributed by atoms with Crippen LogP contribution in [0.1, 0.15) is 17.3 Å². The number of nitrogens with two attached hydrogens (primary N) is 1. The van der Waals surface area contributed by atoms with Crippen molar-refractivity contribution in [3.8, 4) is 16.9 Å². The molecule has 6 nitrogen and oxygen atoms in total. The lowest BCUT2D eigenvalue weighted by Crippen LogP contribution is -2.03. The van der Waals surface area contributed by atoms with Crippen LogP contribution in [-0.4, -0.2) is 25.8 Å². The Bertz CT molecular complexity index is 778. The van der Waals surface area contributed by atoms with E-state index in [0.717, 1.165) is 11.3 Å². The Labute approximate surface area is 121 Å². The van der Waals surface area contributed by atoms with E-state index in [4.69, 9.17) is 5.73 Å². The molecule has 0 atom stereocenters. The van der Waals surface area contributed by atoms with Gasteiger partial charge < -0.3 is 5.73 Å². The molecule has 0 spiro atoms. The highest BCUT2D eigenvalue weighted by Gasteiger charge is 2.13. The van der Waals surface area contributed by atoms with Crippen LogP contribution in [0.2, 0.25) is 0 Å². The molecule has 1 aromatic carbocycles. The van der Waals surface area contributed by atoms with E-state index in [2.05, 4.69) is 15.3 Å². The number of pyridine rings is 1. The zero-order chi connectivity index (χ0) is 14.8. The summed E-state index contributed by atoms with van der Waals surface area (Å²) >= 11 is 0. The van der Waals surface area contributed by atoms with Gasteiger partial charge in [0.2, 0.25) is 0 Å². The predicted molar refractivity (Wildman–Crippen MR) is 79.0 cm³/mol. The number of nitrogens with zero attached hydrogens (tertiary/aromatic N) is 4. The number of nitrogen functional groups attached to an aromatic ring is 1. The van der Waals surface area contributed by atoms with Crippen molar-refractivity contribution in [3.63, 3.8) is 0 Å². The lowest BCUT2D eigenvalue weighted by Gasteiger charge is -2.04. The first kappa shape index (κ1) is 13.0. The van der Waals surface area contributed by atoms with Crippen LogP contribution in [0.5, 0.6) is 0 Å². The average molecular weight is 279 g/mol. The predicted octanol–water partition coefficient (Wildman–Crippen LogP) is 2.11. The van der Waals surface area contributed by atoms with Crippen LogP contribution >= 0.6 is 0 Å². The van der Waals surface area contributed by atoms with Gasteiger partial charge in [-0.3, -0.25) is 9.78 Å². The molecule has 0 aliphatic heterocycles. The molecule has 0 unspecified atom stereocenters. The maximum absolute atomic E-state index is 11.3. The van der Waals surface area contributed by atoms with Crippen LogP contribution in [0.15, 0.2) is 48.8 Å². The van der Waals surface area contributed by atoms with Crippen molar-refractivity contribution >= 4 is 11.6 Å². The Hall–Kier alpha value is -3.02. The molecule has 2 N–H and O–H groups in total. The third kappa shape index (κ3) is 2.38. The first-order valence-corrected chi connectivity index (χ1v) is 6.40. The summed E-state index contributed by atoms with van der Waals surface area (Å²) < 4.78 is 1.54. The highest BCUT2D eigenvalue weighted by Crippen LogP contribution is 2.24. The minimum absolute atomic E-state index is 0.0191. The molecular weight excluding hydrogens is 266 g/mol. The van der Waals surface area contributed by atoms with Gasteiger partial charge in [0.05, 0.1) is 5.69 Å². The van der Waals surface area contributed by atoms with Crippen LogP contribution < -0.4 is 5.73 Å². The third-order valence-electron chi connectivity index (χ3n) is 3.18. The highest BCUT2D eigenvalue weighted by atomic mass is 16.1. The van der Waals surface area contributed by atoms with Crippen molar-refractivity contribution in [2.45, 2.75) is 6.92 Å². The number of ketones is 1. The van der Waals surface area contributed by atoms with Gasteiger partial charge in [0, 0.05) is 23.5 Å². The maximum Gasteiger partial charge on any atom is 0.159 e. The van der Waals surface area contributed by atoms with Gasteiger partial charge in [-0.2, -0.15) is 4.68 Å². The average Bonchev–Trinajstić information content (AvgIpc) is 2.90. The normalized spacial score (nSPS) is 10.5. The lowest BCUT2D eigenvalue weighted by molar-refractivity contribution is 0.101. The number of hydrogen-bond acceptors (Lipinski definition) is 5. The first-order valence-electron chi connectivity index (χ1n) is 6.40. The van der Waals surface area contributed by atoms with Crippen LogP contribution in [0, 0.1) is 0 Å². The SMILES string of the molecule is CC(=O)c1ccc(-n2nnc(-c3ccncc3)c2N)cc1. The number of aromatic nitrogens is 4. The maximum atomic E-state index is 11.3. The van der Waals surface area contributed by atoms with Crippen molar-refractivity contribution in [1.29, 1.82) is 0 Å². The van der Waals surface area contributed by atoms with Gasteiger partial charge in [-0.15, -0.1) is 5.10 Å². The molecule has 2 aromatic heterocycles. The van der Waals surface area contributed by atoms with Gasteiger partial charge in [-0.25, -0.2) is 0 Å². The van der Waals surface area contributed by atoms with E-state index in [1.165, 1.54) is 6.92 Å². The van der Waals surface area contributed by atoms with E-state index in [0.29, 0.717) is 17.1 Å². The molecular formula is C15H13N5O. The zero-order valence-corrected chi connectivity index (χ0v) is 11.4. The quantitative estimate of drug-likeness (QED) is 0.742. The first-order chi connectivity index (χ1) is 10.2. The van der Waals surface area contributed by atoms with Crippen LogP contribution in [0.4, 0.5) is 5.82 Å². The Morgan fingerprint density at radius 2 is 1.76 bits per heavy atom. The number of anilines is 1. The molecule has 0 radical (unpaired) electrons. The minimum Gasteiger partial charge on any atom is -0.382 e. The summed E-state index contributed by atoms with van der Waals surface area (Å²) in [4.78, 5) is 15.2. The van der Waals surface area contributed by atoms with Gasteiger partial charge in [-0.05, 0) is 43.3 Å². The Morgan fingerprint density at radius 1 is 1.10 bits per heavy atom. The fourth-order valence-corrected chi connectivity index (χ4v) is 2.03. The van der Waals surface area contributed by atoms with E-state index >= 15 is 0 Å². The number of rotatable bonds is 3. The molecule has 3 rings (SSSR count). The number of benzene rings is 1. The Kier molecular flexibility index (Phi) is 3.19. The molecule has 0 saturated heterocycles. The van der Waals surface area contributed by atoms with Gasteiger partial charge in [0.25, 0.3) is 0 Å². The van der Waals surface area contributed by atoms with Gasteiger partial charge in [0.15, 0.2) is 11.6 Å². The fourth-order valence-electron chi connectivity index (χ4n) is 2.03. The van der Waals surface area contributed by atoms with Gasteiger partial charge >= 0.3 is 0 Å². The topological polar surface area (TPSA) is 86.7 Å². The summed E-state index contributed by atoms with van der Waals surface area (Å²) in [7, 11) is 0. The summed E-state index contributed by atoms with van der Waals surface area (Å²) in [6, 6.07) is 10.7. The second kappa shape index (κ2) is 5.16. The van der Waals surface area contributed by atoms with Gasteiger partial charge in [-0.1, -0.05) is 5.21 Å². The molecule has 0 aliphatic carbocycles. The Balaban J connectivity index is 2.01. The van der Waals surface area contributed by atoms with Gasteiger partial charge in [0.1, 0.15) is 5.69 Å². The molecule has 0 aliphatic rings. The molecule has 0 amide bonds. The number of carbonyl (C=O) groups is 1. The van der Waals surface area contributed by atoms with Crippen LogP contribution in [-0.2, 0) is 0 Å². The molecule has 2 heterocycles. The molecule has 3 aromatic rings. The van der Waals surface area contributed by atoms with E-state index in [1.54, 1.807) is 41.3 Å². The molecule has 6 heteroatoms.